The van der Waals surface area contributed by atoms with Gasteiger partial charge in [-0.1, -0.05) is 36.4 Å². The maximum absolute atomic E-state index is 12.4. The normalized spacial score (nSPS) is 10.7. The molecule has 0 unspecified atom stereocenters. The van der Waals surface area contributed by atoms with Crippen molar-refractivity contribution < 1.29 is 19.1 Å². The molecule has 0 spiro atoms. The van der Waals surface area contributed by atoms with E-state index in [1.165, 1.54) is 18.2 Å². The fourth-order valence-corrected chi connectivity index (χ4v) is 3.42. The van der Waals surface area contributed by atoms with Crippen molar-refractivity contribution >= 4 is 39.3 Å². The third-order valence-corrected chi connectivity index (χ3v) is 4.79. The third kappa shape index (κ3) is 3.28. The predicted molar refractivity (Wildman–Crippen MR) is 102 cm³/mol. The van der Waals surface area contributed by atoms with E-state index in [0.29, 0.717) is 11.3 Å². The molecular weight excluding hydrogens is 380 g/mol. The number of aromatic carboxylic acids is 1. The molecule has 0 fully saturated rings. The molecule has 1 N–H and O–H groups in total. The van der Waals surface area contributed by atoms with Gasteiger partial charge in [0.05, 0.1) is 17.2 Å². The zero-order valence-electron chi connectivity index (χ0n) is 14.2. The SMILES string of the molecule is O=C([O-])c1ccccc1C(=O)Nc1nc(-c2cc3ccccc3oc2=O)cs1. The summed E-state index contributed by atoms with van der Waals surface area (Å²) in [5.74, 6) is -2.08. The highest BCUT2D eigenvalue weighted by molar-refractivity contribution is 7.14. The first kappa shape index (κ1) is 17.6. The molecule has 0 saturated heterocycles. The van der Waals surface area contributed by atoms with Gasteiger partial charge in [0.2, 0.25) is 0 Å². The number of carbonyl (C=O) groups is 2. The summed E-state index contributed by atoms with van der Waals surface area (Å²) in [5, 5.41) is 16.3. The fourth-order valence-electron chi connectivity index (χ4n) is 2.72. The number of hydrogen-bond donors (Lipinski definition) is 1. The lowest BCUT2D eigenvalue weighted by Gasteiger charge is -2.09. The summed E-state index contributed by atoms with van der Waals surface area (Å²) in [6.07, 6.45) is 0. The molecule has 0 bridgehead atoms. The molecule has 0 aliphatic heterocycles. The van der Waals surface area contributed by atoms with E-state index in [4.69, 9.17) is 4.42 Å². The number of hydrogen-bond acceptors (Lipinski definition) is 7. The van der Waals surface area contributed by atoms with E-state index in [-0.39, 0.29) is 21.8 Å². The molecule has 1 amide bonds. The number of anilines is 1. The number of carbonyl (C=O) groups excluding carboxylic acids is 2. The monoisotopic (exact) mass is 391 g/mol. The number of nitrogens with zero attached hydrogens (tertiary/aromatic N) is 1. The smallest absolute Gasteiger partial charge is 0.345 e. The Kier molecular flexibility index (Phi) is 4.46. The van der Waals surface area contributed by atoms with E-state index in [9.17, 15) is 19.5 Å². The highest BCUT2D eigenvalue weighted by Gasteiger charge is 2.15. The van der Waals surface area contributed by atoms with Gasteiger partial charge in [0, 0.05) is 21.9 Å². The molecule has 0 atom stereocenters. The van der Waals surface area contributed by atoms with E-state index in [2.05, 4.69) is 10.3 Å². The summed E-state index contributed by atoms with van der Waals surface area (Å²) in [6, 6.07) is 14.5. The summed E-state index contributed by atoms with van der Waals surface area (Å²) < 4.78 is 5.30. The van der Waals surface area contributed by atoms with E-state index < -0.39 is 17.5 Å². The molecule has 7 nitrogen and oxygen atoms in total. The van der Waals surface area contributed by atoms with Crippen LogP contribution in [0.1, 0.15) is 20.7 Å². The van der Waals surface area contributed by atoms with Gasteiger partial charge in [0.25, 0.3) is 5.91 Å². The highest BCUT2D eigenvalue weighted by atomic mass is 32.1. The molecule has 2 aromatic heterocycles. The van der Waals surface area contributed by atoms with Gasteiger partial charge in [-0.3, -0.25) is 10.1 Å². The molecule has 138 valence electrons. The number of carboxylic acids is 1. The van der Waals surface area contributed by atoms with Crippen molar-refractivity contribution in [3.8, 4) is 11.3 Å². The first-order valence-corrected chi connectivity index (χ1v) is 9.01. The molecule has 2 heterocycles. The maximum atomic E-state index is 12.4. The van der Waals surface area contributed by atoms with E-state index in [0.717, 1.165) is 16.7 Å². The van der Waals surface area contributed by atoms with Crippen molar-refractivity contribution in [1.29, 1.82) is 0 Å². The molecular formula is C20H11N2O5S-. The van der Waals surface area contributed by atoms with Crippen LogP contribution >= 0.6 is 11.3 Å². The average Bonchev–Trinajstić information content (AvgIpc) is 3.15. The Morgan fingerprint density at radius 3 is 2.54 bits per heavy atom. The Bertz CT molecular complexity index is 1270. The van der Waals surface area contributed by atoms with Crippen molar-refractivity contribution in [3.05, 3.63) is 81.5 Å². The molecule has 0 saturated carbocycles. The number of fused-ring (bicyclic) bond motifs is 1. The van der Waals surface area contributed by atoms with Crippen molar-refractivity contribution in [2.24, 2.45) is 0 Å². The van der Waals surface area contributed by atoms with E-state index in [1.54, 1.807) is 29.6 Å². The summed E-state index contributed by atoms with van der Waals surface area (Å²) >= 11 is 1.11. The number of nitrogens with one attached hydrogen (secondary N) is 1. The number of rotatable bonds is 4. The highest BCUT2D eigenvalue weighted by Crippen LogP contribution is 2.25. The number of para-hydroxylation sites is 1. The van der Waals surface area contributed by atoms with Gasteiger partial charge in [0.15, 0.2) is 5.13 Å². The van der Waals surface area contributed by atoms with Crippen LogP contribution in [0, 0.1) is 0 Å². The Morgan fingerprint density at radius 2 is 1.75 bits per heavy atom. The fraction of sp³-hybridized carbons (Fsp3) is 0. The lowest BCUT2D eigenvalue weighted by Crippen LogP contribution is -2.26. The minimum atomic E-state index is -1.45. The lowest BCUT2D eigenvalue weighted by molar-refractivity contribution is -0.255. The number of benzene rings is 2. The largest absolute Gasteiger partial charge is 0.545 e. The summed E-state index contributed by atoms with van der Waals surface area (Å²) in [5.41, 5.74) is 0.304. The van der Waals surface area contributed by atoms with Gasteiger partial charge in [-0.05, 0) is 18.2 Å². The zero-order valence-corrected chi connectivity index (χ0v) is 15.0. The van der Waals surface area contributed by atoms with Crippen LogP contribution in [-0.4, -0.2) is 16.9 Å². The van der Waals surface area contributed by atoms with Gasteiger partial charge >= 0.3 is 5.63 Å². The molecule has 0 aliphatic carbocycles. The van der Waals surface area contributed by atoms with Crippen molar-refractivity contribution in [1.82, 2.24) is 4.98 Å². The Hall–Kier alpha value is -3.78. The molecule has 4 rings (SSSR count). The first-order valence-electron chi connectivity index (χ1n) is 8.13. The van der Waals surface area contributed by atoms with Crippen LogP contribution in [0.2, 0.25) is 0 Å². The maximum Gasteiger partial charge on any atom is 0.345 e. The van der Waals surface area contributed by atoms with Crippen LogP contribution < -0.4 is 16.0 Å². The molecule has 4 aromatic rings. The standard InChI is InChI=1S/C20H12N2O5S/c23-17(12-6-2-3-7-13(12)18(24)25)22-20-21-15(10-28-20)14-9-11-5-1-4-8-16(11)27-19(14)26/h1-10H,(H,24,25)(H,21,22,23)/p-1. The minimum absolute atomic E-state index is 0.0375. The van der Waals surface area contributed by atoms with Crippen molar-refractivity contribution in [3.63, 3.8) is 0 Å². The van der Waals surface area contributed by atoms with E-state index >= 15 is 0 Å². The van der Waals surface area contributed by atoms with Crippen LogP contribution in [0.3, 0.4) is 0 Å². The summed E-state index contributed by atoms with van der Waals surface area (Å²) in [7, 11) is 0. The molecule has 28 heavy (non-hydrogen) atoms. The lowest BCUT2D eigenvalue weighted by atomic mass is 10.1. The molecule has 8 heteroatoms. The molecule has 2 aromatic carbocycles. The van der Waals surface area contributed by atoms with Crippen LogP contribution in [0.15, 0.2) is 69.2 Å². The van der Waals surface area contributed by atoms with E-state index in [1.807, 2.05) is 12.1 Å². The Morgan fingerprint density at radius 1 is 1.04 bits per heavy atom. The zero-order chi connectivity index (χ0) is 19.7. The second-order valence-corrected chi connectivity index (χ2v) is 6.67. The van der Waals surface area contributed by atoms with Gasteiger partial charge in [-0.2, -0.15) is 0 Å². The number of amides is 1. The van der Waals surface area contributed by atoms with Gasteiger partial charge in [0.1, 0.15) is 5.58 Å². The van der Waals surface area contributed by atoms with Crippen molar-refractivity contribution in [2.75, 3.05) is 5.32 Å². The third-order valence-electron chi connectivity index (χ3n) is 4.03. The number of thiazole rings is 1. The topological polar surface area (TPSA) is 112 Å². The molecule has 0 aliphatic rings. The van der Waals surface area contributed by atoms with Crippen LogP contribution in [0.4, 0.5) is 5.13 Å². The number of carboxylic acid groups (broad SMARTS) is 1. The second kappa shape index (κ2) is 7.09. The summed E-state index contributed by atoms with van der Waals surface area (Å²) in [4.78, 5) is 40.1. The van der Waals surface area contributed by atoms with Crippen LogP contribution in [0.5, 0.6) is 0 Å². The molecule has 0 radical (unpaired) electrons. The number of aromatic nitrogens is 1. The van der Waals surface area contributed by atoms with Gasteiger partial charge in [-0.25, -0.2) is 9.78 Å². The van der Waals surface area contributed by atoms with Crippen LogP contribution in [-0.2, 0) is 0 Å². The predicted octanol–water partition coefficient (Wildman–Crippen LogP) is 2.53. The minimum Gasteiger partial charge on any atom is -0.545 e. The van der Waals surface area contributed by atoms with Gasteiger partial charge in [-0.15, -0.1) is 11.3 Å². The second-order valence-electron chi connectivity index (χ2n) is 5.81. The van der Waals surface area contributed by atoms with Crippen LogP contribution in [0.25, 0.3) is 22.2 Å². The first-order chi connectivity index (χ1) is 13.5. The average molecular weight is 391 g/mol. The Balaban J connectivity index is 1.64. The van der Waals surface area contributed by atoms with Crippen molar-refractivity contribution in [2.45, 2.75) is 0 Å². The Labute approximate surface area is 161 Å². The van der Waals surface area contributed by atoms with Gasteiger partial charge < -0.3 is 14.3 Å². The summed E-state index contributed by atoms with van der Waals surface area (Å²) in [6.45, 7) is 0. The quantitative estimate of drug-likeness (QED) is 0.535.